The Labute approximate surface area is 137 Å². The average molecular weight is 377 g/mol. The number of rotatable bonds is 11. The Morgan fingerprint density at radius 3 is 1.86 bits per heavy atom. The highest BCUT2D eigenvalue weighted by atomic mass is 35.5. The summed E-state index contributed by atoms with van der Waals surface area (Å²) in [4.78, 5) is 34.8. The largest absolute Gasteiger partial charge is 0.481 e. The fourth-order valence-corrected chi connectivity index (χ4v) is 2.27. The highest BCUT2D eigenvalue weighted by Crippen LogP contribution is 2.42. The molecule has 0 aliphatic carbocycles. The van der Waals surface area contributed by atoms with Gasteiger partial charge in [-0.25, -0.2) is 0 Å². The van der Waals surface area contributed by atoms with Gasteiger partial charge in [0.1, 0.15) is 5.92 Å². The molecular formula is C11H15Cl2O8P. The number of aliphatic carboxylic acids is 2. The molecule has 8 nitrogen and oxygen atoms in total. The number of Topliss-reactive ketones (excluding diaryl/α,β-unsaturated/α-hetero) is 1. The van der Waals surface area contributed by atoms with Crippen LogP contribution >= 0.6 is 31.7 Å². The van der Waals surface area contributed by atoms with Crippen molar-refractivity contribution in [3.63, 3.8) is 0 Å². The molecule has 0 bridgehead atoms. The standard InChI is InChI=1S/C11H15Cl2O8P/c1-3-20-10(21-4-2,9(18)11(12,13)22-19)6(8(16)17)5-7(14)15/h6H,3-5H2,1-2H3,(H,14,15)(H,16,17). The van der Waals surface area contributed by atoms with Crippen molar-refractivity contribution in [1.29, 1.82) is 0 Å². The third-order valence-electron chi connectivity index (χ3n) is 2.56. The van der Waals surface area contributed by atoms with Gasteiger partial charge >= 0.3 is 11.9 Å². The Bertz CT molecular complexity index is 447. The van der Waals surface area contributed by atoms with Gasteiger partial charge in [-0.2, -0.15) is 0 Å². The zero-order valence-corrected chi connectivity index (χ0v) is 14.2. The van der Waals surface area contributed by atoms with Gasteiger partial charge < -0.3 is 19.7 Å². The first kappa shape index (κ1) is 21.2. The second kappa shape index (κ2) is 8.74. The van der Waals surface area contributed by atoms with E-state index in [2.05, 4.69) is 0 Å². The lowest BCUT2D eigenvalue weighted by Crippen LogP contribution is -2.58. The van der Waals surface area contributed by atoms with Gasteiger partial charge in [-0.3, -0.25) is 18.9 Å². The third-order valence-corrected chi connectivity index (χ3v) is 3.75. The Balaban J connectivity index is 6.14. The van der Waals surface area contributed by atoms with Crippen LogP contribution in [0.2, 0.25) is 0 Å². The highest BCUT2D eigenvalue weighted by molar-refractivity contribution is 7.35. The smallest absolute Gasteiger partial charge is 0.313 e. The summed E-state index contributed by atoms with van der Waals surface area (Å²) in [6, 6.07) is 0. The van der Waals surface area contributed by atoms with Gasteiger partial charge in [-0.15, -0.1) is 0 Å². The third kappa shape index (κ3) is 4.86. The molecule has 0 aromatic heterocycles. The first-order valence-electron chi connectivity index (χ1n) is 6.08. The maximum Gasteiger partial charge on any atom is 0.313 e. The van der Waals surface area contributed by atoms with Crippen LogP contribution < -0.4 is 0 Å². The molecule has 0 saturated carbocycles. The van der Waals surface area contributed by atoms with Crippen LogP contribution in [0.5, 0.6) is 0 Å². The average Bonchev–Trinajstić information content (AvgIpc) is 2.43. The van der Waals surface area contributed by atoms with E-state index in [-0.39, 0.29) is 13.2 Å². The van der Waals surface area contributed by atoms with E-state index in [0.717, 1.165) is 0 Å². The Morgan fingerprint density at radius 2 is 1.59 bits per heavy atom. The van der Waals surface area contributed by atoms with Gasteiger partial charge in [0.15, 0.2) is 0 Å². The second-order valence-corrected chi connectivity index (χ2v) is 6.69. The minimum atomic E-state index is -2.57. The monoisotopic (exact) mass is 376 g/mol. The van der Waals surface area contributed by atoms with Crippen molar-refractivity contribution in [3.05, 3.63) is 0 Å². The summed E-state index contributed by atoms with van der Waals surface area (Å²) in [5.74, 6) is -9.02. The number of ketones is 1. The molecule has 0 aromatic rings. The van der Waals surface area contributed by atoms with Crippen molar-refractivity contribution in [1.82, 2.24) is 0 Å². The van der Waals surface area contributed by atoms with E-state index < -0.39 is 48.4 Å². The van der Waals surface area contributed by atoms with E-state index in [1.807, 2.05) is 0 Å². The Hall–Kier alpha value is -0.790. The van der Waals surface area contributed by atoms with Gasteiger partial charge in [-0.1, -0.05) is 23.2 Å². The molecule has 0 aliphatic heterocycles. The Kier molecular flexibility index (Phi) is 8.43. The number of ether oxygens (including phenoxy) is 2. The van der Waals surface area contributed by atoms with Crippen LogP contribution in [-0.4, -0.2) is 51.0 Å². The molecule has 2 N–H and O–H groups in total. The predicted molar refractivity (Wildman–Crippen MR) is 76.4 cm³/mol. The number of carboxylic acid groups (broad SMARTS) is 2. The molecule has 0 rings (SSSR count). The van der Waals surface area contributed by atoms with Crippen molar-refractivity contribution < 1.29 is 38.6 Å². The maximum atomic E-state index is 12.4. The summed E-state index contributed by atoms with van der Waals surface area (Å²) in [6.45, 7) is 2.46. The van der Waals surface area contributed by atoms with Crippen LogP contribution in [0.25, 0.3) is 0 Å². The minimum Gasteiger partial charge on any atom is -0.481 e. The summed E-state index contributed by atoms with van der Waals surface area (Å²) in [7, 11) is -1.02. The van der Waals surface area contributed by atoms with Crippen LogP contribution in [0.4, 0.5) is 0 Å². The lowest BCUT2D eigenvalue weighted by Gasteiger charge is -2.37. The SMILES string of the molecule is CCOC(OCC)(C(=O)C(Cl)(Cl)P=O)C(CC(=O)O)C(=O)O. The zero-order valence-electron chi connectivity index (χ0n) is 11.7. The molecule has 0 aromatic carbocycles. The molecule has 126 valence electrons. The molecule has 0 aliphatic rings. The van der Waals surface area contributed by atoms with Crippen molar-refractivity contribution >= 4 is 49.4 Å². The molecule has 0 radical (unpaired) electrons. The molecule has 1 atom stereocenters. The van der Waals surface area contributed by atoms with E-state index in [4.69, 9.17) is 37.8 Å². The lowest BCUT2D eigenvalue weighted by molar-refractivity contribution is -0.251. The summed E-state index contributed by atoms with van der Waals surface area (Å²) in [5, 5.41) is 18.1. The number of halogens is 2. The molecule has 1 unspecified atom stereocenters. The van der Waals surface area contributed by atoms with E-state index in [1.54, 1.807) is 0 Å². The quantitative estimate of drug-likeness (QED) is 0.318. The number of alkyl halides is 2. The molecule has 0 amide bonds. The number of hydrogen-bond acceptors (Lipinski definition) is 6. The van der Waals surface area contributed by atoms with E-state index in [1.165, 1.54) is 13.8 Å². The minimum absolute atomic E-state index is 0.200. The van der Waals surface area contributed by atoms with Gasteiger partial charge in [0.05, 0.1) is 6.42 Å². The van der Waals surface area contributed by atoms with Crippen LogP contribution in [0, 0.1) is 5.92 Å². The van der Waals surface area contributed by atoms with Gasteiger partial charge in [0, 0.05) is 13.2 Å². The molecule has 0 heterocycles. The number of carbonyl (C=O) groups excluding carboxylic acids is 1. The van der Waals surface area contributed by atoms with Gasteiger partial charge in [0.2, 0.25) is 20.0 Å². The fourth-order valence-electron chi connectivity index (χ4n) is 1.77. The molecule has 22 heavy (non-hydrogen) atoms. The number of hydrogen-bond donors (Lipinski definition) is 2. The molecule has 0 spiro atoms. The Morgan fingerprint density at radius 1 is 1.14 bits per heavy atom. The van der Waals surface area contributed by atoms with E-state index >= 15 is 0 Å². The van der Waals surface area contributed by atoms with Gasteiger partial charge in [0.25, 0.3) is 4.07 Å². The van der Waals surface area contributed by atoms with Crippen molar-refractivity contribution in [2.24, 2.45) is 5.92 Å². The van der Waals surface area contributed by atoms with Crippen molar-refractivity contribution in [3.8, 4) is 0 Å². The normalized spacial score (nSPS) is 13.8. The molecule has 0 fully saturated rings. The van der Waals surface area contributed by atoms with Crippen LogP contribution in [0.3, 0.4) is 0 Å². The summed E-state index contributed by atoms with van der Waals surface area (Å²) in [5.41, 5.74) is 0. The fraction of sp³-hybridized carbons (Fsp3) is 0.727. The van der Waals surface area contributed by atoms with Crippen molar-refractivity contribution in [2.45, 2.75) is 30.1 Å². The number of carbonyl (C=O) groups is 3. The van der Waals surface area contributed by atoms with E-state index in [9.17, 15) is 24.1 Å². The second-order valence-electron chi connectivity index (χ2n) is 3.98. The van der Waals surface area contributed by atoms with Crippen molar-refractivity contribution in [2.75, 3.05) is 13.2 Å². The van der Waals surface area contributed by atoms with Gasteiger partial charge in [-0.05, 0) is 13.8 Å². The molecule has 11 heteroatoms. The van der Waals surface area contributed by atoms with Crippen LogP contribution in [0.1, 0.15) is 20.3 Å². The first-order chi connectivity index (χ1) is 10.1. The molecule has 0 saturated heterocycles. The first-order valence-corrected chi connectivity index (χ1v) is 7.65. The predicted octanol–water partition coefficient (Wildman–Crippen LogP) is 1.92. The zero-order chi connectivity index (χ0) is 17.6. The lowest BCUT2D eigenvalue weighted by atomic mass is 9.91. The van der Waals surface area contributed by atoms with E-state index in [0.29, 0.717) is 0 Å². The maximum absolute atomic E-state index is 12.4. The van der Waals surface area contributed by atoms with Crippen LogP contribution in [-0.2, 0) is 28.4 Å². The number of carboxylic acids is 2. The summed E-state index contributed by atoms with van der Waals surface area (Å²) >= 11 is 11.2. The van der Waals surface area contributed by atoms with Crippen LogP contribution in [0.15, 0.2) is 0 Å². The summed E-state index contributed by atoms with van der Waals surface area (Å²) in [6.07, 6.45) is -0.985. The highest BCUT2D eigenvalue weighted by Gasteiger charge is 2.59. The molecular weight excluding hydrogens is 362 g/mol. The summed E-state index contributed by atoms with van der Waals surface area (Å²) < 4.78 is 18.7. The topological polar surface area (TPSA) is 127 Å².